The maximum absolute atomic E-state index is 12.3. The predicted molar refractivity (Wildman–Crippen MR) is 127 cm³/mol. The van der Waals surface area contributed by atoms with Crippen LogP contribution in [0.3, 0.4) is 0 Å². The van der Waals surface area contributed by atoms with E-state index in [4.69, 9.17) is 28.8 Å². The van der Waals surface area contributed by atoms with Gasteiger partial charge in [-0.05, 0) is 20.8 Å². The molecule has 12 heteroatoms. The molecule has 0 aromatic heterocycles. The number of nitrogens with zero attached hydrogens (tertiary/aromatic N) is 3. The molecule has 204 valence electrons. The third-order valence-electron chi connectivity index (χ3n) is 5.02. The summed E-state index contributed by atoms with van der Waals surface area (Å²) in [5, 5.41) is 9.17. The highest BCUT2D eigenvalue weighted by atomic mass is 16.6. The molecule has 1 aliphatic rings. The van der Waals surface area contributed by atoms with Crippen LogP contribution >= 0.6 is 0 Å². The van der Waals surface area contributed by atoms with Crippen molar-refractivity contribution in [1.29, 1.82) is 0 Å². The molecule has 12 nitrogen and oxygen atoms in total. The number of aliphatic carboxylic acids is 1. The Balaban J connectivity index is 2.73. The number of hydrogen-bond donors (Lipinski definition) is 1. The Labute approximate surface area is 208 Å². The SMILES string of the molecule is COC(=O)CN1CCOCCN(CC(=O)O)CCOCCN(CC(=O)OC(C)(C)C)CCOCC1. The first-order valence-corrected chi connectivity index (χ1v) is 12.0. The van der Waals surface area contributed by atoms with E-state index < -0.39 is 11.6 Å². The maximum Gasteiger partial charge on any atom is 0.320 e. The molecular formula is C23H43N3O9. The molecule has 1 aliphatic heterocycles. The van der Waals surface area contributed by atoms with Gasteiger partial charge in [0, 0.05) is 39.3 Å². The quantitative estimate of drug-likeness (QED) is 0.470. The minimum absolute atomic E-state index is 0.108. The van der Waals surface area contributed by atoms with Crippen molar-refractivity contribution >= 4 is 17.9 Å². The molecule has 1 rings (SSSR count). The van der Waals surface area contributed by atoms with Crippen LogP contribution in [0, 0.1) is 0 Å². The lowest BCUT2D eigenvalue weighted by atomic mass is 10.2. The first kappa shape index (κ1) is 31.2. The smallest absolute Gasteiger partial charge is 0.320 e. The van der Waals surface area contributed by atoms with E-state index in [1.54, 1.807) is 4.90 Å². The topological polar surface area (TPSA) is 127 Å². The summed E-state index contributed by atoms with van der Waals surface area (Å²) in [5.74, 6) is -1.58. The monoisotopic (exact) mass is 505 g/mol. The molecule has 1 fully saturated rings. The minimum atomic E-state index is -0.917. The van der Waals surface area contributed by atoms with Crippen LogP contribution in [0.5, 0.6) is 0 Å². The molecule has 35 heavy (non-hydrogen) atoms. The molecule has 0 aromatic carbocycles. The Morgan fingerprint density at radius 2 is 1.03 bits per heavy atom. The van der Waals surface area contributed by atoms with Crippen LogP contribution in [-0.4, -0.2) is 149 Å². The number of methoxy groups -OCH3 is 1. The summed E-state index contributed by atoms with van der Waals surface area (Å²) in [6, 6.07) is 0. The Bertz CT molecular complexity index is 628. The molecular weight excluding hydrogens is 462 g/mol. The normalized spacial score (nSPS) is 19.9. The van der Waals surface area contributed by atoms with Gasteiger partial charge in [0.25, 0.3) is 0 Å². The molecule has 0 aromatic rings. The van der Waals surface area contributed by atoms with Gasteiger partial charge in [-0.1, -0.05) is 0 Å². The van der Waals surface area contributed by atoms with E-state index in [1.165, 1.54) is 7.11 Å². The van der Waals surface area contributed by atoms with Crippen LogP contribution < -0.4 is 0 Å². The second kappa shape index (κ2) is 17.6. The van der Waals surface area contributed by atoms with Crippen molar-refractivity contribution in [2.75, 3.05) is 106 Å². The first-order chi connectivity index (χ1) is 16.6. The zero-order chi connectivity index (χ0) is 26.1. The predicted octanol–water partition coefficient (Wildman–Crippen LogP) is -0.445. The highest BCUT2D eigenvalue weighted by molar-refractivity contribution is 5.72. The number of rotatable bonds is 6. The van der Waals surface area contributed by atoms with E-state index in [0.29, 0.717) is 78.9 Å². The van der Waals surface area contributed by atoms with Crippen molar-refractivity contribution in [3.63, 3.8) is 0 Å². The third-order valence-corrected chi connectivity index (χ3v) is 5.02. The van der Waals surface area contributed by atoms with Gasteiger partial charge in [0.05, 0.1) is 66.4 Å². The van der Waals surface area contributed by atoms with E-state index in [0.717, 1.165) is 0 Å². The van der Waals surface area contributed by atoms with E-state index >= 15 is 0 Å². The van der Waals surface area contributed by atoms with Gasteiger partial charge in [-0.25, -0.2) is 0 Å². The van der Waals surface area contributed by atoms with Gasteiger partial charge in [0.2, 0.25) is 0 Å². The fraction of sp³-hybridized carbons (Fsp3) is 0.870. The summed E-state index contributed by atoms with van der Waals surface area (Å²) < 4.78 is 27.3. The highest BCUT2D eigenvalue weighted by Crippen LogP contribution is 2.07. The minimum Gasteiger partial charge on any atom is -0.480 e. The van der Waals surface area contributed by atoms with Crippen molar-refractivity contribution in [2.45, 2.75) is 26.4 Å². The van der Waals surface area contributed by atoms with E-state index in [-0.39, 0.29) is 31.6 Å². The molecule has 0 spiro atoms. The lowest BCUT2D eigenvalue weighted by molar-refractivity contribution is -0.156. The average molecular weight is 506 g/mol. The van der Waals surface area contributed by atoms with Crippen LogP contribution in [0.4, 0.5) is 0 Å². The summed E-state index contributed by atoms with van der Waals surface area (Å²) in [6.07, 6.45) is 0. The molecule has 1 heterocycles. The third kappa shape index (κ3) is 17.3. The Morgan fingerprint density at radius 3 is 1.34 bits per heavy atom. The van der Waals surface area contributed by atoms with Crippen molar-refractivity contribution in [3.8, 4) is 0 Å². The van der Waals surface area contributed by atoms with Crippen molar-refractivity contribution < 1.29 is 43.2 Å². The molecule has 0 bridgehead atoms. The summed E-state index contributed by atoms with van der Waals surface area (Å²) in [7, 11) is 1.34. The summed E-state index contributed by atoms with van der Waals surface area (Å²) in [6.45, 7) is 10.8. The lowest BCUT2D eigenvalue weighted by Gasteiger charge is -2.26. The van der Waals surface area contributed by atoms with Crippen LogP contribution in [0.1, 0.15) is 20.8 Å². The standard InChI is InChI=1S/C23H43N3O9/c1-23(2,3)35-22(30)19-26-9-15-33-12-6-24(17-20(27)28)5-11-32-13-7-25(18-21(29)31-4)8-14-34-16-10-26/h5-19H2,1-4H3,(H,27,28). The Kier molecular flexibility index (Phi) is 15.7. The summed E-state index contributed by atoms with van der Waals surface area (Å²) in [5.41, 5.74) is -0.568. The van der Waals surface area contributed by atoms with Gasteiger partial charge in [-0.3, -0.25) is 29.1 Å². The second-order valence-electron chi connectivity index (χ2n) is 9.22. The van der Waals surface area contributed by atoms with Gasteiger partial charge < -0.3 is 28.8 Å². The van der Waals surface area contributed by atoms with Crippen molar-refractivity contribution in [2.24, 2.45) is 0 Å². The highest BCUT2D eigenvalue weighted by Gasteiger charge is 2.19. The van der Waals surface area contributed by atoms with Crippen molar-refractivity contribution in [1.82, 2.24) is 14.7 Å². The fourth-order valence-corrected chi connectivity index (χ4v) is 3.27. The van der Waals surface area contributed by atoms with Gasteiger partial charge in [0.1, 0.15) is 5.60 Å². The van der Waals surface area contributed by atoms with Gasteiger partial charge >= 0.3 is 17.9 Å². The number of carboxylic acids is 1. The number of hydrogen-bond acceptors (Lipinski definition) is 11. The largest absolute Gasteiger partial charge is 0.480 e. The van der Waals surface area contributed by atoms with Crippen LogP contribution in [0.15, 0.2) is 0 Å². The molecule has 1 saturated heterocycles. The van der Waals surface area contributed by atoms with E-state index in [1.807, 2.05) is 30.6 Å². The Morgan fingerprint density at radius 1 is 0.686 bits per heavy atom. The van der Waals surface area contributed by atoms with E-state index in [2.05, 4.69) is 0 Å². The molecule has 0 saturated carbocycles. The zero-order valence-electron chi connectivity index (χ0n) is 21.7. The summed E-state index contributed by atoms with van der Waals surface area (Å²) >= 11 is 0. The molecule has 1 N–H and O–H groups in total. The maximum atomic E-state index is 12.3. The molecule has 0 amide bonds. The van der Waals surface area contributed by atoms with Gasteiger partial charge in [-0.15, -0.1) is 0 Å². The number of carboxylic acid groups (broad SMARTS) is 1. The van der Waals surface area contributed by atoms with Crippen LogP contribution in [0.2, 0.25) is 0 Å². The number of carbonyl (C=O) groups excluding carboxylic acids is 2. The Hall–Kier alpha value is -1.83. The lowest BCUT2D eigenvalue weighted by Crippen LogP contribution is -2.40. The van der Waals surface area contributed by atoms with E-state index in [9.17, 15) is 14.4 Å². The van der Waals surface area contributed by atoms with Gasteiger partial charge in [-0.2, -0.15) is 0 Å². The van der Waals surface area contributed by atoms with Gasteiger partial charge in [0.15, 0.2) is 0 Å². The summed E-state index contributed by atoms with van der Waals surface area (Å²) in [4.78, 5) is 40.8. The number of esters is 2. The van der Waals surface area contributed by atoms with Crippen LogP contribution in [-0.2, 0) is 38.1 Å². The second-order valence-corrected chi connectivity index (χ2v) is 9.22. The molecule has 0 radical (unpaired) electrons. The molecule has 0 aliphatic carbocycles. The van der Waals surface area contributed by atoms with Crippen molar-refractivity contribution in [3.05, 3.63) is 0 Å². The first-order valence-electron chi connectivity index (χ1n) is 12.0. The molecule has 0 unspecified atom stereocenters. The number of ether oxygens (including phenoxy) is 5. The zero-order valence-corrected chi connectivity index (χ0v) is 21.7. The average Bonchev–Trinajstić information content (AvgIpc) is 2.75. The van der Waals surface area contributed by atoms with Crippen LogP contribution in [0.25, 0.3) is 0 Å². The fourth-order valence-electron chi connectivity index (χ4n) is 3.27. The number of carbonyl (C=O) groups is 3. The molecule has 0 atom stereocenters.